The van der Waals surface area contributed by atoms with E-state index < -0.39 is 17.3 Å². The molecule has 1 aliphatic rings. The lowest BCUT2D eigenvalue weighted by Crippen LogP contribution is -2.57. The Morgan fingerprint density at radius 1 is 1.33 bits per heavy atom. The summed E-state index contributed by atoms with van der Waals surface area (Å²) < 4.78 is 37.9. The molecule has 0 atom stereocenters. The van der Waals surface area contributed by atoms with Crippen LogP contribution in [0.25, 0.3) is 0 Å². The number of hydrogen-bond donors (Lipinski definition) is 0. The number of carbonyl (C=O) groups excluding carboxylic acids is 1. The van der Waals surface area contributed by atoms with Crippen molar-refractivity contribution in [2.75, 3.05) is 6.54 Å². The fourth-order valence-corrected chi connectivity index (χ4v) is 3.30. The number of nitrogens with zero attached hydrogens (tertiary/aromatic N) is 2. The lowest BCUT2D eigenvalue weighted by Gasteiger charge is -2.49. The van der Waals surface area contributed by atoms with Crippen LogP contribution in [0.3, 0.4) is 0 Å². The van der Waals surface area contributed by atoms with Gasteiger partial charge in [0.25, 0.3) is 0 Å². The zero-order chi connectivity index (χ0) is 18.0. The van der Waals surface area contributed by atoms with E-state index in [2.05, 4.69) is 6.07 Å². The van der Waals surface area contributed by atoms with E-state index in [0.717, 1.165) is 30.5 Å². The fraction of sp³-hybridized carbons (Fsp3) is 0.556. The van der Waals surface area contributed by atoms with Gasteiger partial charge in [-0.05, 0) is 42.9 Å². The molecule has 1 aromatic carbocycles. The molecule has 0 spiro atoms. The van der Waals surface area contributed by atoms with E-state index in [0.29, 0.717) is 19.4 Å². The van der Waals surface area contributed by atoms with Crippen molar-refractivity contribution in [1.82, 2.24) is 4.90 Å². The van der Waals surface area contributed by atoms with Gasteiger partial charge in [-0.1, -0.05) is 25.5 Å². The van der Waals surface area contributed by atoms with Crippen LogP contribution in [0.5, 0.6) is 0 Å². The van der Waals surface area contributed by atoms with Crippen molar-refractivity contribution in [2.45, 2.75) is 57.2 Å². The zero-order valence-electron chi connectivity index (χ0n) is 13.9. The largest absolute Gasteiger partial charge is 0.416 e. The van der Waals surface area contributed by atoms with Gasteiger partial charge in [0, 0.05) is 13.5 Å². The molecule has 0 N–H and O–H groups in total. The summed E-state index contributed by atoms with van der Waals surface area (Å²) in [5.41, 5.74) is -0.715. The molecule has 3 nitrogen and oxygen atoms in total. The quantitative estimate of drug-likeness (QED) is 0.794. The number of halogens is 3. The van der Waals surface area contributed by atoms with Crippen molar-refractivity contribution in [3.05, 3.63) is 35.4 Å². The summed E-state index contributed by atoms with van der Waals surface area (Å²) in [7, 11) is 0. The molecule has 2 rings (SSSR count). The van der Waals surface area contributed by atoms with Gasteiger partial charge in [0.15, 0.2) is 0 Å². The fourth-order valence-electron chi connectivity index (χ4n) is 3.30. The number of rotatable bonds is 5. The predicted molar refractivity (Wildman–Crippen MR) is 84.1 cm³/mol. The first-order valence-corrected chi connectivity index (χ1v) is 8.10. The maximum absolute atomic E-state index is 12.6. The van der Waals surface area contributed by atoms with Gasteiger partial charge < -0.3 is 4.90 Å². The van der Waals surface area contributed by atoms with Crippen LogP contribution in [-0.2, 0) is 11.0 Å². The molecule has 1 amide bonds. The Morgan fingerprint density at radius 3 is 2.33 bits per heavy atom. The van der Waals surface area contributed by atoms with Crippen LogP contribution >= 0.6 is 0 Å². The van der Waals surface area contributed by atoms with E-state index >= 15 is 0 Å². The van der Waals surface area contributed by atoms with Crippen molar-refractivity contribution >= 4 is 5.91 Å². The molecule has 0 aliphatic heterocycles. The lowest BCUT2D eigenvalue weighted by atomic mass is 9.65. The first-order chi connectivity index (χ1) is 11.2. The molecule has 0 radical (unpaired) electrons. The maximum Gasteiger partial charge on any atom is 0.416 e. The van der Waals surface area contributed by atoms with Gasteiger partial charge in [0.05, 0.1) is 11.6 Å². The average Bonchev–Trinajstić information content (AvgIpc) is 2.48. The Kier molecular flexibility index (Phi) is 5.22. The minimum atomic E-state index is -4.35. The normalized spacial score (nSPS) is 23.2. The summed E-state index contributed by atoms with van der Waals surface area (Å²) in [6, 6.07) is 7.35. The molecule has 0 unspecified atom stereocenters. The highest BCUT2D eigenvalue weighted by molar-refractivity contribution is 5.75. The van der Waals surface area contributed by atoms with Gasteiger partial charge in [0.2, 0.25) is 5.91 Å². The summed E-state index contributed by atoms with van der Waals surface area (Å²) in [6.45, 7) is 4.02. The van der Waals surface area contributed by atoms with Crippen molar-refractivity contribution < 1.29 is 18.0 Å². The zero-order valence-corrected chi connectivity index (χ0v) is 13.9. The van der Waals surface area contributed by atoms with Crippen LogP contribution < -0.4 is 0 Å². The van der Waals surface area contributed by atoms with E-state index in [1.54, 1.807) is 4.90 Å². The summed E-state index contributed by atoms with van der Waals surface area (Å²) in [4.78, 5) is 13.5. The van der Waals surface area contributed by atoms with E-state index in [1.165, 1.54) is 19.1 Å². The summed E-state index contributed by atoms with van der Waals surface area (Å²) >= 11 is 0. The Morgan fingerprint density at radius 2 is 1.92 bits per heavy atom. The van der Waals surface area contributed by atoms with Crippen LogP contribution in [0, 0.1) is 11.3 Å². The average molecular weight is 338 g/mol. The standard InChI is InChI=1S/C18H21F3N2O/c1-3-4-9-23(13(2)24)17(12-22)10-15(11-17)14-5-7-16(8-6-14)18(19,20)21/h5-8,15H,3-4,9-11H2,1-2H3. The molecule has 0 aromatic heterocycles. The van der Waals surface area contributed by atoms with E-state index in [4.69, 9.17) is 0 Å². The van der Waals surface area contributed by atoms with Crippen LogP contribution in [-0.4, -0.2) is 22.9 Å². The molecule has 130 valence electrons. The van der Waals surface area contributed by atoms with Crippen LogP contribution in [0.4, 0.5) is 13.2 Å². The Balaban J connectivity index is 2.11. The third kappa shape index (κ3) is 3.55. The van der Waals surface area contributed by atoms with Crippen LogP contribution in [0.15, 0.2) is 24.3 Å². The molecule has 1 aliphatic carbocycles. The SMILES string of the molecule is CCCCN(C(C)=O)C1(C#N)CC(c2ccc(C(F)(F)F)cc2)C1. The Hall–Kier alpha value is -2.03. The lowest BCUT2D eigenvalue weighted by molar-refractivity contribution is -0.138. The number of nitriles is 1. The van der Waals surface area contributed by atoms with Gasteiger partial charge in [-0.3, -0.25) is 4.79 Å². The number of alkyl halides is 3. The third-order valence-electron chi connectivity index (χ3n) is 4.72. The molecule has 24 heavy (non-hydrogen) atoms. The van der Waals surface area contributed by atoms with E-state index in [1.807, 2.05) is 6.92 Å². The molecule has 0 saturated heterocycles. The topological polar surface area (TPSA) is 44.1 Å². The highest BCUT2D eigenvalue weighted by Crippen LogP contribution is 2.48. The second-order valence-corrected chi connectivity index (χ2v) is 6.39. The highest BCUT2D eigenvalue weighted by atomic mass is 19.4. The molecule has 1 aromatic rings. The number of carbonyl (C=O) groups is 1. The van der Waals surface area contributed by atoms with E-state index in [9.17, 15) is 23.2 Å². The highest BCUT2D eigenvalue weighted by Gasteiger charge is 2.50. The first kappa shape index (κ1) is 18.3. The first-order valence-electron chi connectivity index (χ1n) is 8.10. The second-order valence-electron chi connectivity index (χ2n) is 6.39. The monoisotopic (exact) mass is 338 g/mol. The summed E-state index contributed by atoms with van der Waals surface area (Å²) in [6.07, 6.45) is -1.65. The Labute approximate surface area is 140 Å². The van der Waals surface area contributed by atoms with Crippen molar-refractivity contribution in [3.63, 3.8) is 0 Å². The van der Waals surface area contributed by atoms with Crippen LogP contribution in [0.1, 0.15) is 56.6 Å². The molecule has 0 bridgehead atoms. The Bertz CT molecular complexity index is 625. The maximum atomic E-state index is 12.6. The van der Waals surface area contributed by atoms with E-state index in [-0.39, 0.29) is 11.8 Å². The predicted octanol–water partition coefficient (Wildman–Crippen LogP) is 4.49. The minimum Gasteiger partial charge on any atom is -0.324 e. The van der Waals surface area contributed by atoms with Crippen LogP contribution in [0.2, 0.25) is 0 Å². The van der Waals surface area contributed by atoms with Crippen molar-refractivity contribution in [1.29, 1.82) is 5.26 Å². The molecule has 1 saturated carbocycles. The third-order valence-corrected chi connectivity index (χ3v) is 4.72. The molecule has 0 heterocycles. The number of benzene rings is 1. The number of unbranched alkanes of at least 4 members (excludes halogenated alkanes) is 1. The number of hydrogen-bond acceptors (Lipinski definition) is 2. The van der Waals surface area contributed by atoms with Gasteiger partial charge in [-0.15, -0.1) is 0 Å². The van der Waals surface area contributed by atoms with Gasteiger partial charge in [-0.25, -0.2) is 0 Å². The van der Waals surface area contributed by atoms with Gasteiger partial charge in [0.1, 0.15) is 5.54 Å². The smallest absolute Gasteiger partial charge is 0.324 e. The molecular weight excluding hydrogens is 317 g/mol. The van der Waals surface area contributed by atoms with Crippen molar-refractivity contribution in [2.24, 2.45) is 0 Å². The summed E-state index contributed by atoms with van der Waals surface area (Å²) in [5.74, 6) is -0.119. The molecule has 6 heteroatoms. The summed E-state index contributed by atoms with van der Waals surface area (Å²) in [5, 5.41) is 9.58. The minimum absolute atomic E-state index is 0.00964. The molecule has 1 fully saturated rings. The van der Waals surface area contributed by atoms with Gasteiger partial charge >= 0.3 is 6.18 Å². The van der Waals surface area contributed by atoms with Gasteiger partial charge in [-0.2, -0.15) is 18.4 Å². The number of amides is 1. The van der Waals surface area contributed by atoms with Crippen molar-refractivity contribution in [3.8, 4) is 6.07 Å². The second kappa shape index (κ2) is 6.84. The molecular formula is C18H21F3N2O.